The number of hydrogen-bond acceptors (Lipinski definition) is 3. The third-order valence-corrected chi connectivity index (χ3v) is 3.97. The minimum absolute atomic E-state index is 0.0405. The summed E-state index contributed by atoms with van der Waals surface area (Å²) in [7, 11) is 0. The fourth-order valence-corrected chi connectivity index (χ4v) is 2.88. The molecule has 122 valence electrons. The van der Waals surface area contributed by atoms with Crippen LogP contribution in [-0.2, 0) is 6.42 Å². The Balaban J connectivity index is 0.000000924. The quantitative estimate of drug-likeness (QED) is 0.779. The van der Waals surface area contributed by atoms with Gasteiger partial charge in [0.05, 0.1) is 23.1 Å². The van der Waals surface area contributed by atoms with Gasteiger partial charge >= 0.3 is 0 Å². The molecule has 0 saturated carbocycles. The van der Waals surface area contributed by atoms with E-state index < -0.39 is 0 Å². The molecule has 1 aliphatic carbocycles. The monoisotopic (exact) mass is 312 g/mol. The molecule has 1 aliphatic rings. The van der Waals surface area contributed by atoms with Gasteiger partial charge in [-0.15, -0.1) is 0 Å². The van der Waals surface area contributed by atoms with Crippen LogP contribution in [0.1, 0.15) is 67.4 Å². The molecule has 0 saturated heterocycles. The highest BCUT2D eigenvalue weighted by Gasteiger charge is 2.33. The zero-order valence-corrected chi connectivity index (χ0v) is 14.5. The summed E-state index contributed by atoms with van der Waals surface area (Å²) in [5.74, 6) is 0.202. The standard InChI is InChI=1S/C17H18N2O2.C2H6/c1-11(20)12-4-6-13(7-5-12)19-15-8-17(2,3)9-16(21)14(15)10-18-19;1-2/h4-7,10H,8-9H2,1-3H3;1-2H3. The second kappa shape index (κ2) is 6.49. The number of hydrogen-bond donors (Lipinski definition) is 0. The van der Waals surface area contributed by atoms with Gasteiger partial charge in [-0.3, -0.25) is 9.59 Å². The Kier molecular flexibility index (Phi) is 4.83. The zero-order chi connectivity index (χ0) is 17.2. The number of benzene rings is 1. The van der Waals surface area contributed by atoms with Gasteiger partial charge in [-0.2, -0.15) is 5.10 Å². The van der Waals surface area contributed by atoms with Gasteiger partial charge in [0.1, 0.15) is 0 Å². The van der Waals surface area contributed by atoms with Crippen molar-refractivity contribution < 1.29 is 9.59 Å². The van der Waals surface area contributed by atoms with E-state index in [4.69, 9.17) is 0 Å². The van der Waals surface area contributed by atoms with E-state index in [1.165, 1.54) is 0 Å². The maximum absolute atomic E-state index is 12.2. The number of fused-ring (bicyclic) bond motifs is 1. The second-order valence-electron chi connectivity index (χ2n) is 6.46. The van der Waals surface area contributed by atoms with Gasteiger partial charge in [0.25, 0.3) is 0 Å². The van der Waals surface area contributed by atoms with E-state index in [0.29, 0.717) is 12.0 Å². The molecule has 2 aromatic rings. The van der Waals surface area contributed by atoms with Crippen molar-refractivity contribution in [1.29, 1.82) is 0 Å². The summed E-state index contributed by atoms with van der Waals surface area (Å²) in [5, 5.41) is 4.37. The van der Waals surface area contributed by atoms with E-state index in [1.807, 2.05) is 30.7 Å². The topological polar surface area (TPSA) is 52.0 Å². The second-order valence-corrected chi connectivity index (χ2v) is 6.46. The minimum Gasteiger partial charge on any atom is -0.295 e. The van der Waals surface area contributed by atoms with Crippen LogP contribution in [0.5, 0.6) is 0 Å². The van der Waals surface area contributed by atoms with Crippen LogP contribution in [0, 0.1) is 5.41 Å². The fraction of sp³-hybridized carbons (Fsp3) is 0.421. The third kappa shape index (κ3) is 3.41. The van der Waals surface area contributed by atoms with Crippen LogP contribution in [0.3, 0.4) is 0 Å². The Morgan fingerprint density at radius 3 is 2.30 bits per heavy atom. The Morgan fingerprint density at radius 2 is 1.74 bits per heavy atom. The van der Waals surface area contributed by atoms with Crippen molar-refractivity contribution in [3.05, 3.63) is 47.3 Å². The van der Waals surface area contributed by atoms with Crippen molar-refractivity contribution in [3.8, 4) is 5.69 Å². The van der Waals surface area contributed by atoms with Crippen molar-refractivity contribution in [2.75, 3.05) is 0 Å². The number of aromatic nitrogens is 2. The highest BCUT2D eigenvalue weighted by Crippen LogP contribution is 2.35. The average molecular weight is 312 g/mol. The fourth-order valence-electron chi connectivity index (χ4n) is 2.88. The highest BCUT2D eigenvalue weighted by molar-refractivity contribution is 5.98. The Bertz CT molecular complexity index is 724. The van der Waals surface area contributed by atoms with Crippen molar-refractivity contribution >= 4 is 11.6 Å². The molecule has 0 spiro atoms. The number of Topliss-reactive ketones (excluding diaryl/α,β-unsaturated/α-hetero) is 2. The van der Waals surface area contributed by atoms with E-state index in [9.17, 15) is 9.59 Å². The number of carbonyl (C=O) groups excluding carboxylic acids is 2. The van der Waals surface area contributed by atoms with E-state index in [0.717, 1.165) is 23.4 Å². The van der Waals surface area contributed by atoms with E-state index >= 15 is 0 Å². The number of rotatable bonds is 2. The van der Waals surface area contributed by atoms with Gasteiger partial charge in [-0.05, 0) is 43.0 Å². The predicted octanol–water partition coefficient (Wildman–Crippen LogP) is 4.26. The molecule has 23 heavy (non-hydrogen) atoms. The van der Waals surface area contributed by atoms with E-state index in [-0.39, 0.29) is 17.0 Å². The lowest BCUT2D eigenvalue weighted by Crippen LogP contribution is -2.27. The Hall–Kier alpha value is -2.23. The first-order valence-corrected chi connectivity index (χ1v) is 8.09. The maximum atomic E-state index is 12.2. The highest BCUT2D eigenvalue weighted by atomic mass is 16.1. The van der Waals surface area contributed by atoms with Gasteiger partial charge in [-0.25, -0.2) is 4.68 Å². The van der Waals surface area contributed by atoms with Gasteiger partial charge in [-0.1, -0.05) is 27.7 Å². The van der Waals surface area contributed by atoms with Gasteiger partial charge in [0.15, 0.2) is 11.6 Å². The van der Waals surface area contributed by atoms with Gasteiger partial charge in [0.2, 0.25) is 0 Å². The van der Waals surface area contributed by atoms with Crippen LogP contribution >= 0.6 is 0 Å². The normalized spacial score (nSPS) is 15.4. The first kappa shape index (κ1) is 17.1. The molecule has 1 heterocycles. The maximum Gasteiger partial charge on any atom is 0.166 e. The average Bonchev–Trinajstić information content (AvgIpc) is 2.92. The summed E-state index contributed by atoms with van der Waals surface area (Å²) in [6.45, 7) is 9.75. The molecule has 4 nitrogen and oxygen atoms in total. The number of ketones is 2. The molecule has 0 radical (unpaired) electrons. The SMILES string of the molecule is CC.CC(=O)c1ccc(-n2ncc3c2CC(C)(C)CC3=O)cc1. The predicted molar refractivity (Wildman–Crippen MR) is 91.3 cm³/mol. The first-order chi connectivity index (χ1) is 10.9. The third-order valence-electron chi connectivity index (χ3n) is 3.97. The van der Waals surface area contributed by atoms with Crippen molar-refractivity contribution in [2.24, 2.45) is 5.41 Å². The largest absolute Gasteiger partial charge is 0.295 e. The van der Waals surface area contributed by atoms with Gasteiger partial charge < -0.3 is 0 Å². The number of nitrogens with zero attached hydrogens (tertiary/aromatic N) is 2. The summed E-state index contributed by atoms with van der Waals surface area (Å²) in [5.41, 5.74) is 3.21. The summed E-state index contributed by atoms with van der Waals surface area (Å²) < 4.78 is 1.82. The molecule has 1 aromatic carbocycles. The molecule has 0 atom stereocenters. The first-order valence-electron chi connectivity index (χ1n) is 8.09. The molecule has 1 aromatic heterocycles. The lowest BCUT2D eigenvalue weighted by Gasteiger charge is -2.28. The van der Waals surface area contributed by atoms with Crippen LogP contribution in [0.2, 0.25) is 0 Å². The molecule has 0 aliphatic heterocycles. The van der Waals surface area contributed by atoms with Crippen LogP contribution in [0.25, 0.3) is 5.69 Å². The van der Waals surface area contributed by atoms with Gasteiger partial charge in [0, 0.05) is 12.0 Å². The summed E-state index contributed by atoms with van der Waals surface area (Å²) >= 11 is 0. The van der Waals surface area contributed by atoms with Crippen molar-refractivity contribution in [2.45, 2.75) is 47.5 Å². The molecule has 0 fully saturated rings. The molecular weight excluding hydrogens is 288 g/mol. The summed E-state index contributed by atoms with van der Waals surface area (Å²) in [4.78, 5) is 23.5. The number of carbonyl (C=O) groups is 2. The Morgan fingerprint density at radius 1 is 1.13 bits per heavy atom. The van der Waals surface area contributed by atoms with Crippen molar-refractivity contribution in [3.63, 3.8) is 0 Å². The van der Waals surface area contributed by atoms with Crippen LogP contribution in [0.15, 0.2) is 30.5 Å². The Labute approximate surface area is 137 Å². The van der Waals surface area contributed by atoms with Crippen LogP contribution in [0.4, 0.5) is 0 Å². The van der Waals surface area contributed by atoms with Crippen LogP contribution < -0.4 is 0 Å². The summed E-state index contributed by atoms with van der Waals surface area (Å²) in [6, 6.07) is 7.33. The molecule has 0 amide bonds. The molecule has 0 unspecified atom stereocenters. The molecule has 4 heteroatoms. The zero-order valence-electron chi connectivity index (χ0n) is 14.5. The molecule has 0 N–H and O–H groups in total. The van der Waals surface area contributed by atoms with Crippen LogP contribution in [-0.4, -0.2) is 21.3 Å². The lowest BCUT2D eigenvalue weighted by molar-refractivity contribution is 0.0910. The van der Waals surface area contributed by atoms with E-state index in [1.54, 1.807) is 25.3 Å². The molecular formula is C19H24N2O2. The smallest absolute Gasteiger partial charge is 0.166 e. The summed E-state index contributed by atoms with van der Waals surface area (Å²) in [6.07, 6.45) is 3.04. The van der Waals surface area contributed by atoms with Crippen molar-refractivity contribution in [1.82, 2.24) is 9.78 Å². The molecule has 0 bridgehead atoms. The van der Waals surface area contributed by atoms with E-state index in [2.05, 4.69) is 18.9 Å². The minimum atomic E-state index is -0.0405. The molecule has 3 rings (SSSR count). The lowest BCUT2D eigenvalue weighted by atomic mass is 9.76.